The molecule has 0 aromatic carbocycles. The van der Waals surface area contributed by atoms with Crippen LogP contribution in [0.15, 0.2) is 0 Å². The van der Waals surface area contributed by atoms with Crippen LogP contribution in [0.2, 0.25) is 0 Å². The molecule has 1 saturated heterocycles. The zero-order chi connectivity index (χ0) is 11.5. The molecule has 3 atom stereocenters. The SMILES string of the molecule is CC(OC1CCCC1N)C(=O)N1CCCC1. The predicted molar refractivity (Wildman–Crippen MR) is 62.0 cm³/mol. The van der Waals surface area contributed by atoms with Gasteiger partial charge in [-0.3, -0.25) is 4.79 Å². The highest BCUT2D eigenvalue weighted by Gasteiger charge is 2.30. The summed E-state index contributed by atoms with van der Waals surface area (Å²) in [6, 6.07) is 0.119. The van der Waals surface area contributed by atoms with Crippen molar-refractivity contribution in [2.24, 2.45) is 5.73 Å². The van der Waals surface area contributed by atoms with Gasteiger partial charge < -0.3 is 15.4 Å². The molecular weight excluding hydrogens is 204 g/mol. The van der Waals surface area contributed by atoms with Crippen LogP contribution in [0.1, 0.15) is 39.0 Å². The minimum absolute atomic E-state index is 0.0848. The second-order valence-electron chi connectivity index (χ2n) is 4.94. The van der Waals surface area contributed by atoms with Crippen molar-refractivity contribution in [3.05, 3.63) is 0 Å². The lowest BCUT2D eigenvalue weighted by molar-refractivity contribution is -0.145. The molecule has 0 radical (unpaired) electrons. The normalized spacial score (nSPS) is 32.0. The molecule has 2 fully saturated rings. The van der Waals surface area contributed by atoms with Crippen LogP contribution < -0.4 is 5.73 Å². The third-order valence-corrected chi connectivity index (χ3v) is 3.65. The van der Waals surface area contributed by atoms with E-state index in [4.69, 9.17) is 10.5 Å². The second kappa shape index (κ2) is 5.15. The van der Waals surface area contributed by atoms with Gasteiger partial charge in [-0.15, -0.1) is 0 Å². The Labute approximate surface area is 97.1 Å². The van der Waals surface area contributed by atoms with Crippen molar-refractivity contribution < 1.29 is 9.53 Å². The molecule has 16 heavy (non-hydrogen) atoms. The van der Waals surface area contributed by atoms with Gasteiger partial charge >= 0.3 is 0 Å². The molecule has 1 saturated carbocycles. The van der Waals surface area contributed by atoms with Crippen molar-refractivity contribution in [1.82, 2.24) is 4.90 Å². The van der Waals surface area contributed by atoms with Gasteiger partial charge in [0.2, 0.25) is 0 Å². The van der Waals surface area contributed by atoms with Crippen molar-refractivity contribution in [2.45, 2.75) is 57.3 Å². The van der Waals surface area contributed by atoms with E-state index in [1.54, 1.807) is 0 Å². The molecule has 0 bridgehead atoms. The number of amides is 1. The molecule has 1 amide bonds. The lowest BCUT2D eigenvalue weighted by Gasteiger charge is -2.25. The van der Waals surface area contributed by atoms with Gasteiger partial charge in [-0.05, 0) is 39.0 Å². The Morgan fingerprint density at radius 3 is 2.56 bits per heavy atom. The van der Waals surface area contributed by atoms with Crippen LogP contribution in [0.4, 0.5) is 0 Å². The molecule has 1 aliphatic heterocycles. The monoisotopic (exact) mass is 226 g/mol. The first kappa shape index (κ1) is 11.9. The predicted octanol–water partition coefficient (Wildman–Crippen LogP) is 0.894. The molecule has 1 aliphatic carbocycles. The lowest BCUT2D eigenvalue weighted by Crippen LogP contribution is -2.42. The summed E-state index contributed by atoms with van der Waals surface area (Å²) in [5.74, 6) is 0.136. The first-order chi connectivity index (χ1) is 7.68. The van der Waals surface area contributed by atoms with Gasteiger partial charge in [-0.25, -0.2) is 0 Å². The Balaban J connectivity index is 1.82. The summed E-state index contributed by atoms with van der Waals surface area (Å²) in [4.78, 5) is 13.9. The zero-order valence-corrected chi connectivity index (χ0v) is 10.0. The van der Waals surface area contributed by atoms with Crippen LogP contribution in [0.3, 0.4) is 0 Å². The number of rotatable bonds is 3. The zero-order valence-electron chi connectivity index (χ0n) is 10.0. The molecule has 92 valence electrons. The van der Waals surface area contributed by atoms with Gasteiger partial charge in [-0.1, -0.05) is 0 Å². The lowest BCUT2D eigenvalue weighted by atomic mass is 10.2. The number of ether oxygens (including phenoxy) is 1. The number of carbonyl (C=O) groups excluding carboxylic acids is 1. The van der Waals surface area contributed by atoms with E-state index in [2.05, 4.69) is 0 Å². The molecule has 0 spiro atoms. The summed E-state index contributed by atoms with van der Waals surface area (Å²) in [6.07, 6.45) is 5.15. The van der Waals surface area contributed by atoms with E-state index >= 15 is 0 Å². The molecule has 3 unspecified atom stereocenters. The summed E-state index contributed by atoms with van der Waals surface area (Å²) in [5, 5.41) is 0. The van der Waals surface area contributed by atoms with E-state index in [1.165, 1.54) is 0 Å². The van der Waals surface area contributed by atoms with E-state index in [1.807, 2.05) is 11.8 Å². The van der Waals surface area contributed by atoms with Crippen molar-refractivity contribution >= 4 is 5.91 Å². The first-order valence-electron chi connectivity index (χ1n) is 6.38. The number of hydrogen-bond donors (Lipinski definition) is 1. The molecule has 4 nitrogen and oxygen atoms in total. The third kappa shape index (κ3) is 2.55. The number of nitrogens with zero attached hydrogens (tertiary/aromatic N) is 1. The van der Waals surface area contributed by atoms with E-state index in [-0.39, 0.29) is 24.2 Å². The highest BCUT2D eigenvalue weighted by molar-refractivity contribution is 5.80. The molecule has 2 aliphatic rings. The summed E-state index contributed by atoms with van der Waals surface area (Å²) in [6.45, 7) is 3.64. The highest BCUT2D eigenvalue weighted by Crippen LogP contribution is 2.22. The smallest absolute Gasteiger partial charge is 0.251 e. The van der Waals surface area contributed by atoms with Crippen LogP contribution in [-0.4, -0.2) is 42.1 Å². The average Bonchev–Trinajstić information content (AvgIpc) is 2.89. The fourth-order valence-electron chi connectivity index (χ4n) is 2.64. The van der Waals surface area contributed by atoms with Crippen LogP contribution in [-0.2, 0) is 9.53 Å². The fourth-order valence-corrected chi connectivity index (χ4v) is 2.64. The van der Waals surface area contributed by atoms with Crippen LogP contribution in [0.5, 0.6) is 0 Å². The topological polar surface area (TPSA) is 55.6 Å². The number of nitrogens with two attached hydrogens (primary N) is 1. The minimum atomic E-state index is -0.327. The number of carbonyl (C=O) groups is 1. The average molecular weight is 226 g/mol. The van der Waals surface area contributed by atoms with E-state index < -0.39 is 0 Å². The summed E-state index contributed by atoms with van der Waals surface area (Å²) in [5.41, 5.74) is 5.93. The maximum Gasteiger partial charge on any atom is 0.251 e. The van der Waals surface area contributed by atoms with Gasteiger partial charge in [0.1, 0.15) is 6.10 Å². The Bertz CT molecular complexity index is 251. The van der Waals surface area contributed by atoms with E-state index in [9.17, 15) is 4.79 Å². The van der Waals surface area contributed by atoms with E-state index in [0.717, 1.165) is 45.2 Å². The fraction of sp³-hybridized carbons (Fsp3) is 0.917. The second-order valence-corrected chi connectivity index (χ2v) is 4.94. The minimum Gasteiger partial charge on any atom is -0.364 e. The Morgan fingerprint density at radius 2 is 2.00 bits per heavy atom. The molecule has 2 N–H and O–H groups in total. The largest absolute Gasteiger partial charge is 0.364 e. The Morgan fingerprint density at radius 1 is 1.31 bits per heavy atom. The van der Waals surface area contributed by atoms with Gasteiger partial charge in [0, 0.05) is 19.1 Å². The molecular formula is C12H22N2O2. The Kier molecular flexibility index (Phi) is 3.82. The quantitative estimate of drug-likeness (QED) is 0.777. The summed E-state index contributed by atoms with van der Waals surface area (Å²) >= 11 is 0. The highest BCUT2D eigenvalue weighted by atomic mass is 16.5. The molecule has 1 heterocycles. The molecule has 0 aromatic heterocycles. The van der Waals surface area contributed by atoms with E-state index in [0.29, 0.717) is 0 Å². The van der Waals surface area contributed by atoms with Gasteiger partial charge in [0.05, 0.1) is 6.10 Å². The van der Waals surface area contributed by atoms with Crippen LogP contribution in [0, 0.1) is 0 Å². The number of likely N-dealkylation sites (tertiary alicyclic amines) is 1. The molecule has 2 rings (SSSR count). The maximum atomic E-state index is 12.0. The third-order valence-electron chi connectivity index (χ3n) is 3.65. The van der Waals surface area contributed by atoms with Gasteiger partial charge in [-0.2, -0.15) is 0 Å². The van der Waals surface area contributed by atoms with Gasteiger partial charge in [0.15, 0.2) is 0 Å². The summed E-state index contributed by atoms with van der Waals surface area (Å²) < 4.78 is 5.78. The van der Waals surface area contributed by atoms with Crippen LogP contribution in [0.25, 0.3) is 0 Å². The number of hydrogen-bond acceptors (Lipinski definition) is 3. The maximum absolute atomic E-state index is 12.0. The van der Waals surface area contributed by atoms with Gasteiger partial charge in [0.25, 0.3) is 5.91 Å². The Hall–Kier alpha value is -0.610. The first-order valence-corrected chi connectivity index (χ1v) is 6.38. The van der Waals surface area contributed by atoms with Crippen LogP contribution >= 0.6 is 0 Å². The summed E-state index contributed by atoms with van der Waals surface area (Å²) in [7, 11) is 0. The van der Waals surface area contributed by atoms with Crippen molar-refractivity contribution in [1.29, 1.82) is 0 Å². The van der Waals surface area contributed by atoms with Crippen molar-refractivity contribution in [3.63, 3.8) is 0 Å². The molecule has 4 heteroatoms. The molecule has 0 aromatic rings. The van der Waals surface area contributed by atoms with Crippen molar-refractivity contribution in [2.75, 3.05) is 13.1 Å². The standard InChI is InChI=1S/C12H22N2O2/c1-9(12(15)14-7-2-3-8-14)16-11-6-4-5-10(11)13/h9-11H,2-8,13H2,1H3. The van der Waals surface area contributed by atoms with Crippen molar-refractivity contribution in [3.8, 4) is 0 Å².